The van der Waals surface area contributed by atoms with Gasteiger partial charge in [-0.1, -0.05) is 0 Å². The van der Waals surface area contributed by atoms with Crippen molar-refractivity contribution in [3.63, 3.8) is 0 Å². The van der Waals surface area contributed by atoms with E-state index < -0.39 is 0 Å². The Morgan fingerprint density at radius 3 is 2.54 bits per heavy atom. The standard InChI is InChI=1S/C20H19N3O3/c24-18-10-4-13-12-14(3-9-17(13)22-18)20(26)21-15-5-7-16(8-6-15)23-11-1-2-19(23)25/h3,5-9,12H,1-2,4,10-11H2,(H,21,26)(H,22,24). The highest BCUT2D eigenvalue weighted by Gasteiger charge is 2.21. The Hall–Kier alpha value is -3.15. The van der Waals surface area contributed by atoms with Gasteiger partial charge < -0.3 is 15.5 Å². The zero-order valence-electron chi connectivity index (χ0n) is 14.2. The van der Waals surface area contributed by atoms with Crippen LogP contribution in [0.15, 0.2) is 42.5 Å². The number of aryl methyl sites for hydroxylation is 1. The maximum absolute atomic E-state index is 12.5. The Bertz CT molecular complexity index is 890. The van der Waals surface area contributed by atoms with Gasteiger partial charge in [-0.2, -0.15) is 0 Å². The van der Waals surface area contributed by atoms with Crippen LogP contribution in [0.5, 0.6) is 0 Å². The molecule has 132 valence electrons. The summed E-state index contributed by atoms with van der Waals surface area (Å²) in [4.78, 5) is 37.5. The fraction of sp³-hybridized carbons (Fsp3) is 0.250. The molecule has 2 N–H and O–H groups in total. The van der Waals surface area contributed by atoms with Gasteiger partial charge in [-0.3, -0.25) is 14.4 Å². The number of carbonyl (C=O) groups is 3. The van der Waals surface area contributed by atoms with Crippen molar-refractivity contribution in [1.29, 1.82) is 0 Å². The van der Waals surface area contributed by atoms with E-state index >= 15 is 0 Å². The number of rotatable bonds is 3. The van der Waals surface area contributed by atoms with E-state index in [1.807, 2.05) is 18.2 Å². The minimum atomic E-state index is -0.199. The molecule has 0 unspecified atom stereocenters. The van der Waals surface area contributed by atoms with Crippen LogP contribution < -0.4 is 15.5 Å². The molecule has 2 aromatic carbocycles. The quantitative estimate of drug-likeness (QED) is 0.894. The van der Waals surface area contributed by atoms with Crippen LogP contribution in [0, 0.1) is 0 Å². The van der Waals surface area contributed by atoms with Crippen molar-refractivity contribution in [2.75, 3.05) is 22.1 Å². The topological polar surface area (TPSA) is 78.5 Å². The van der Waals surface area contributed by atoms with E-state index in [-0.39, 0.29) is 17.7 Å². The minimum Gasteiger partial charge on any atom is -0.326 e. The third-order valence-corrected chi connectivity index (χ3v) is 4.77. The van der Waals surface area contributed by atoms with E-state index in [4.69, 9.17) is 0 Å². The van der Waals surface area contributed by atoms with Crippen LogP contribution in [0.2, 0.25) is 0 Å². The van der Waals surface area contributed by atoms with Gasteiger partial charge in [0.2, 0.25) is 11.8 Å². The lowest BCUT2D eigenvalue weighted by molar-refractivity contribution is -0.117. The van der Waals surface area contributed by atoms with E-state index in [1.54, 1.807) is 29.2 Å². The maximum Gasteiger partial charge on any atom is 0.255 e. The number of nitrogens with one attached hydrogen (secondary N) is 2. The SMILES string of the molecule is O=C1CCc2cc(C(=O)Nc3ccc(N4CCCC4=O)cc3)ccc2N1. The van der Waals surface area contributed by atoms with E-state index in [9.17, 15) is 14.4 Å². The molecule has 0 atom stereocenters. The zero-order valence-corrected chi connectivity index (χ0v) is 14.2. The second kappa shape index (κ2) is 6.63. The molecule has 0 aliphatic carbocycles. The van der Waals surface area contributed by atoms with Crippen molar-refractivity contribution >= 4 is 34.8 Å². The van der Waals surface area contributed by atoms with E-state index in [0.717, 1.165) is 29.9 Å². The van der Waals surface area contributed by atoms with Crippen molar-refractivity contribution in [3.8, 4) is 0 Å². The molecular formula is C20H19N3O3. The number of nitrogens with zero attached hydrogens (tertiary/aromatic N) is 1. The van der Waals surface area contributed by atoms with Crippen LogP contribution in [0.4, 0.5) is 17.1 Å². The predicted octanol–water partition coefficient (Wildman–Crippen LogP) is 2.95. The number of benzene rings is 2. The average Bonchev–Trinajstić information content (AvgIpc) is 3.08. The molecule has 0 saturated carbocycles. The average molecular weight is 349 g/mol. The molecule has 0 spiro atoms. The van der Waals surface area contributed by atoms with Gasteiger partial charge in [-0.25, -0.2) is 0 Å². The van der Waals surface area contributed by atoms with E-state index in [0.29, 0.717) is 30.5 Å². The number of hydrogen-bond donors (Lipinski definition) is 2. The monoisotopic (exact) mass is 349 g/mol. The molecule has 4 rings (SSSR count). The molecule has 6 heteroatoms. The summed E-state index contributed by atoms with van der Waals surface area (Å²) in [7, 11) is 0. The van der Waals surface area contributed by atoms with Gasteiger partial charge in [0.05, 0.1) is 0 Å². The molecule has 3 amide bonds. The molecule has 6 nitrogen and oxygen atoms in total. The number of carbonyl (C=O) groups excluding carboxylic acids is 3. The predicted molar refractivity (Wildman–Crippen MR) is 99.4 cm³/mol. The molecule has 2 aliphatic rings. The van der Waals surface area contributed by atoms with Gasteiger partial charge in [0.1, 0.15) is 0 Å². The molecule has 26 heavy (non-hydrogen) atoms. The number of fused-ring (bicyclic) bond motifs is 1. The summed E-state index contributed by atoms with van der Waals surface area (Å²) in [5, 5.41) is 5.68. The van der Waals surface area contributed by atoms with Gasteiger partial charge in [-0.05, 0) is 60.9 Å². The summed E-state index contributed by atoms with van der Waals surface area (Å²) in [6.07, 6.45) is 2.56. The third-order valence-electron chi connectivity index (χ3n) is 4.77. The summed E-state index contributed by atoms with van der Waals surface area (Å²) in [6, 6.07) is 12.6. The fourth-order valence-electron chi connectivity index (χ4n) is 3.37. The van der Waals surface area contributed by atoms with E-state index in [2.05, 4.69) is 10.6 Å². The van der Waals surface area contributed by atoms with Crippen molar-refractivity contribution in [3.05, 3.63) is 53.6 Å². The van der Waals surface area contributed by atoms with Gasteiger partial charge in [-0.15, -0.1) is 0 Å². The lowest BCUT2D eigenvalue weighted by Gasteiger charge is -2.18. The van der Waals surface area contributed by atoms with Crippen LogP contribution in [0.1, 0.15) is 35.2 Å². The molecule has 0 aromatic heterocycles. The Labute approximate surface area is 151 Å². The number of hydrogen-bond acceptors (Lipinski definition) is 3. The Kier molecular flexibility index (Phi) is 4.16. The van der Waals surface area contributed by atoms with Crippen molar-refractivity contribution in [2.45, 2.75) is 25.7 Å². The van der Waals surface area contributed by atoms with Gasteiger partial charge in [0, 0.05) is 42.0 Å². The minimum absolute atomic E-state index is 0.00581. The summed E-state index contributed by atoms with van der Waals surface area (Å²) in [5.41, 5.74) is 3.84. The van der Waals surface area contributed by atoms with Crippen LogP contribution >= 0.6 is 0 Å². The first-order valence-electron chi connectivity index (χ1n) is 8.75. The molecule has 1 fully saturated rings. The first kappa shape index (κ1) is 16.3. The van der Waals surface area contributed by atoms with Crippen LogP contribution in [-0.4, -0.2) is 24.3 Å². The number of anilines is 3. The maximum atomic E-state index is 12.5. The summed E-state index contributed by atoms with van der Waals surface area (Å²) < 4.78 is 0. The first-order valence-corrected chi connectivity index (χ1v) is 8.75. The Balaban J connectivity index is 1.46. The second-order valence-electron chi connectivity index (χ2n) is 6.57. The largest absolute Gasteiger partial charge is 0.326 e. The number of amides is 3. The van der Waals surface area contributed by atoms with Gasteiger partial charge >= 0.3 is 0 Å². The highest BCUT2D eigenvalue weighted by atomic mass is 16.2. The molecular weight excluding hydrogens is 330 g/mol. The summed E-state index contributed by atoms with van der Waals surface area (Å²) in [6.45, 7) is 0.746. The van der Waals surface area contributed by atoms with Crippen LogP contribution in [-0.2, 0) is 16.0 Å². The van der Waals surface area contributed by atoms with E-state index in [1.165, 1.54) is 0 Å². The molecule has 2 aromatic rings. The molecule has 2 heterocycles. The van der Waals surface area contributed by atoms with Crippen molar-refractivity contribution in [1.82, 2.24) is 0 Å². The van der Waals surface area contributed by atoms with Crippen molar-refractivity contribution < 1.29 is 14.4 Å². The molecule has 1 saturated heterocycles. The van der Waals surface area contributed by atoms with Gasteiger partial charge in [0.15, 0.2) is 0 Å². The Morgan fingerprint density at radius 2 is 1.81 bits per heavy atom. The molecule has 2 aliphatic heterocycles. The van der Waals surface area contributed by atoms with Crippen LogP contribution in [0.25, 0.3) is 0 Å². The highest BCUT2D eigenvalue weighted by Crippen LogP contribution is 2.25. The summed E-state index contributed by atoms with van der Waals surface area (Å²) >= 11 is 0. The normalized spacial score (nSPS) is 16.2. The second-order valence-corrected chi connectivity index (χ2v) is 6.57. The fourth-order valence-corrected chi connectivity index (χ4v) is 3.37. The molecule has 0 radical (unpaired) electrons. The highest BCUT2D eigenvalue weighted by molar-refractivity contribution is 6.05. The van der Waals surface area contributed by atoms with Crippen LogP contribution in [0.3, 0.4) is 0 Å². The molecule has 0 bridgehead atoms. The third kappa shape index (κ3) is 3.18. The smallest absolute Gasteiger partial charge is 0.255 e. The Morgan fingerprint density at radius 1 is 1.00 bits per heavy atom. The van der Waals surface area contributed by atoms with Gasteiger partial charge in [0.25, 0.3) is 5.91 Å². The van der Waals surface area contributed by atoms with Crippen molar-refractivity contribution in [2.24, 2.45) is 0 Å². The zero-order chi connectivity index (χ0) is 18.1. The summed E-state index contributed by atoms with van der Waals surface area (Å²) in [5.74, 6) is -0.0519. The first-order chi connectivity index (χ1) is 12.6. The lowest BCUT2D eigenvalue weighted by atomic mass is 10.00. The lowest BCUT2D eigenvalue weighted by Crippen LogP contribution is -2.23.